The molecule has 1 fully saturated rings. The molecule has 2 heterocycles. The van der Waals surface area contributed by atoms with Crippen LogP contribution in [0.3, 0.4) is 0 Å². The lowest BCUT2D eigenvalue weighted by Crippen LogP contribution is -2.36. The first-order chi connectivity index (χ1) is 16.4. The molecular formula is C23H21F6N3O3. The third-order valence-electron chi connectivity index (χ3n) is 5.95. The summed E-state index contributed by atoms with van der Waals surface area (Å²) in [4.78, 5) is 18.0. The molecular weight excluding hydrogens is 480 g/mol. The van der Waals surface area contributed by atoms with E-state index in [0.717, 1.165) is 23.8 Å². The summed E-state index contributed by atoms with van der Waals surface area (Å²) in [7, 11) is 1.10. The van der Waals surface area contributed by atoms with Crippen molar-refractivity contribution < 1.29 is 40.6 Å². The molecule has 12 heteroatoms. The zero-order valence-corrected chi connectivity index (χ0v) is 18.8. The van der Waals surface area contributed by atoms with Crippen LogP contribution in [0.5, 0.6) is 0 Å². The van der Waals surface area contributed by atoms with Gasteiger partial charge in [-0.1, -0.05) is 12.1 Å². The second kappa shape index (κ2) is 9.06. The summed E-state index contributed by atoms with van der Waals surface area (Å²) >= 11 is 0. The van der Waals surface area contributed by atoms with E-state index in [1.54, 1.807) is 0 Å². The van der Waals surface area contributed by atoms with E-state index in [1.807, 2.05) is 4.90 Å². The second-order valence-corrected chi connectivity index (χ2v) is 8.06. The number of morpholine rings is 1. The van der Waals surface area contributed by atoms with Gasteiger partial charge < -0.3 is 18.9 Å². The first kappa shape index (κ1) is 24.8. The highest BCUT2D eigenvalue weighted by molar-refractivity contribution is 6.04. The van der Waals surface area contributed by atoms with Gasteiger partial charge in [0.1, 0.15) is 5.52 Å². The Morgan fingerprint density at radius 1 is 1.09 bits per heavy atom. The van der Waals surface area contributed by atoms with Gasteiger partial charge >= 0.3 is 18.3 Å². The minimum atomic E-state index is -4.93. The Hall–Kier alpha value is -3.28. The van der Waals surface area contributed by atoms with Gasteiger partial charge in [0, 0.05) is 25.3 Å². The maximum atomic E-state index is 14.0. The highest BCUT2D eigenvalue weighted by Crippen LogP contribution is 2.37. The molecule has 4 rings (SSSR count). The zero-order valence-electron chi connectivity index (χ0n) is 18.8. The molecule has 0 bridgehead atoms. The molecule has 1 aliphatic heterocycles. The molecule has 0 aliphatic carbocycles. The highest BCUT2D eigenvalue weighted by atomic mass is 19.4. The number of alkyl halides is 6. The lowest BCUT2D eigenvalue weighted by Gasteiger charge is -2.29. The second-order valence-electron chi connectivity index (χ2n) is 8.06. The van der Waals surface area contributed by atoms with Crippen LogP contribution in [0.15, 0.2) is 30.3 Å². The van der Waals surface area contributed by atoms with Crippen molar-refractivity contribution in [2.75, 3.05) is 38.3 Å². The molecule has 0 radical (unpaired) electrons. The van der Waals surface area contributed by atoms with Crippen molar-refractivity contribution in [3.05, 3.63) is 58.4 Å². The summed E-state index contributed by atoms with van der Waals surface area (Å²) < 4.78 is 93.2. The highest BCUT2D eigenvalue weighted by Gasteiger charge is 2.39. The molecule has 0 N–H and O–H groups in total. The van der Waals surface area contributed by atoms with Gasteiger partial charge in [-0.25, -0.2) is 9.78 Å². The van der Waals surface area contributed by atoms with Crippen LogP contribution in [0.2, 0.25) is 0 Å². The molecule has 0 amide bonds. The number of halogens is 6. The Labute approximate surface area is 196 Å². The van der Waals surface area contributed by atoms with Crippen LogP contribution in [0, 0.1) is 6.92 Å². The Kier molecular flexibility index (Phi) is 6.43. The summed E-state index contributed by atoms with van der Waals surface area (Å²) in [5.74, 6) is -2.20. The summed E-state index contributed by atoms with van der Waals surface area (Å²) in [6, 6.07) is 6.23. The topological polar surface area (TPSA) is 56.6 Å². The summed E-state index contributed by atoms with van der Waals surface area (Å²) in [6.07, 6.45) is -9.59. The fourth-order valence-electron chi connectivity index (χ4n) is 4.19. The van der Waals surface area contributed by atoms with Gasteiger partial charge in [0.05, 0.1) is 37.0 Å². The number of fused-ring (bicyclic) bond motifs is 1. The molecule has 0 saturated carbocycles. The monoisotopic (exact) mass is 501 g/mol. The summed E-state index contributed by atoms with van der Waals surface area (Å²) in [6.45, 7) is 2.35. The van der Waals surface area contributed by atoms with E-state index in [2.05, 4.69) is 4.98 Å². The number of esters is 1. The third-order valence-corrected chi connectivity index (χ3v) is 5.95. The van der Waals surface area contributed by atoms with Crippen LogP contribution < -0.4 is 4.90 Å². The van der Waals surface area contributed by atoms with Crippen molar-refractivity contribution in [2.45, 2.75) is 25.8 Å². The van der Waals surface area contributed by atoms with Crippen LogP contribution in [-0.2, 0) is 28.4 Å². The van der Waals surface area contributed by atoms with E-state index in [1.165, 1.54) is 25.1 Å². The van der Waals surface area contributed by atoms with Crippen molar-refractivity contribution in [3.63, 3.8) is 0 Å². The van der Waals surface area contributed by atoms with Gasteiger partial charge in [-0.2, -0.15) is 26.3 Å². The Bertz CT molecular complexity index is 1260. The number of hydrogen-bond donors (Lipinski definition) is 0. The van der Waals surface area contributed by atoms with Gasteiger partial charge in [-0.05, 0) is 36.2 Å². The number of benzene rings is 2. The average molecular weight is 501 g/mol. The molecule has 2 aromatic carbocycles. The van der Waals surface area contributed by atoms with Gasteiger partial charge in [-0.15, -0.1) is 0 Å². The van der Waals surface area contributed by atoms with Crippen LogP contribution in [0.25, 0.3) is 11.0 Å². The number of anilines is 1. The molecule has 1 aromatic heterocycles. The van der Waals surface area contributed by atoms with Gasteiger partial charge in [0.2, 0.25) is 5.82 Å². The van der Waals surface area contributed by atoms with Crippen LogP contribution in [0.1, 0.15) is 32.9 Å². The molecule has 0 unspecified atom stereocenters. The number of ether oxygens (including phenoxy) is 2. The van der Waals surface area contributed by atoms with Gasteiger partial charge in [0.15, 0.2) is 0 Å². The lowest BCUT2D eigenvalue weighted by atomic mass is 10.0. The lowest BCUT2D eigenvalue weighted by molar-refractivity contribution is -0.146. The van der Waals surface area contributed by atoms with E-state index in [4.69, 9.17) is 9.47 Å². The third kappa shape index (κ3) is 4.79. The molecule has 188 valence electrons. The number of aromatic nitrogens is 2. The maximum absolute atomic E-state index is 14.0. The SMILES string of the molecule is COC(=O)c1cc(N2CCOCC2)cc2c1nc(C(F)(F)F)n2Cc1cccc(C(F)(F)F)c1C. The first-order valence-electron chi connectivity index (χ1n) is 10.6. The van der Waals surface area contributed by atoms with E-state index in [-0.39, 0.29) is 27.7 Å². The predicted molar refractivity (Wildman–Crippen MR) is 114 cm³/mol. The van der Waals surface area contributed by atoms with E-state index in [0.29, 0.717) is 32.0 Å². The number of hydrogen-bond acceptors (Lipinski definition) is 5. The molecule has 6 nitrogen and oxygen atoms in total. The Balaban J connectivity index is 1.96. The van der Waals surface area contributed by atoms with Crippen molar-refractivity contribution in [1.82, 2.24) is 9.55 Å². The van der Waals surface area contributed by atoms with Crippen LogP contribution in [-0.4, -0.2) is 48.9 Å². The number of rotatable bonds is 4. The molecule has 0 spiro atoms. The van der Waals surface area contributed by atoms with E-state index in [9.17, 15) is 31.1 Å². The number of imidazole rings is 1. The van der Waals surface area contributed by atoms with Gasteiger partial charge in [0.25, 0.3) is 0 Å². The van der Waals surface area contributed by atoms with Crippen molar-refractivity contribution >= 4 is 22.7 Å². The quantitative estimate of drug-likeness (QED) is 0.370. The molecule has 0 atom stereocenters. The number of carbonyl (C=O) groups is 1. The number of nitrogens with zero attached hydrogens (tertiary/aromatic N) is 3. The fraction of sp³-hybridized carbons (Fsp3) is 0.391. The molecule has 3 aromatic rings. The number of methoxy groups -OCH3 is 1. The van der Waals surface area contributed by atoms with E-state index >= 15 is 0 Å². The summed E-state index contributed by atoms with van der Waals surface area (Å²) in [5.41, 5.74) is -1.08. The largest absolute Gasteiger partial charge is 0.465 e. The zero-order chi connectivity index (χ0) is 25.5. The summed E-state index contributed by atoms with van der Waals surface area (Å²) in [5, 5.41) is 0. The van der Waals surface area contributed by atoms with Gasteiger partial charge in [-0.3, -0.25) is 0 Å². The predicted octanol–water partition coefficient (Wildman–Crippen LogP) is 5.05. The Morgan fingerprint density at radius 3 is 2.37 bits per heavy atom. The van der Waals surface area contributed by atoms with Crippen LogP contribution >= 0.6 is 0 Å². The van der Waals surface area contributed by atoms with Crippen molar-refractivity contribution in [2.24, 2.45) is 0 Å². The first-order valence-corrected chi connectivity index (χ1v) is 10.6. The number of carbonyl (C=O) groups excluding carboxylic acids is 1. The van der Waals surface area contributed by atoms with Crippen molar-refractivity contribution in [1.29, 1.82) is 0 Å². The smallest absolute Gasteiger partial charge is 0.449 e. The molecule has 35 heavy (non-hydrogen) atoms. The minimum absolute atomic E-state index is 0.0426. The normalized spacial score (nSPS) is 15.0. The van der Waals surface area contributed by atoms with E-state index < -0.39 is 36.3 Å². The standard InChI is InChI=1S/C23H21F6N3O3/c1-13-14(4-3-5-17(13)22(24,25)26)12-32-18-11-15(31-6-8-35-9-7-31)10-16(20(33)34-2)19(18)30-21(32)23(27,28)29/h3-5,10-11H,6-9,12H2,1-2H3. The van der Waals surface area contributed by atoms with Crippen LogP contribution in [0.4, 0.5) is 32.0 Å². The maximum Gasteiger partial charge on any atom is 0.449 e. The minimum Gasteiger partial charge on any atom is -0.465 e. The molecule has 1 saturated heterocycles. The average Bonchev–Trinajstić information content (AvgIpc) is 3.18. The van der Waals surface area contributed by atoms with Crippen molar-refractivity contribution in [3.8, 4) is 0 Å². The molecule has 1 aliphatic rings. The Morgan fingerprint density at radius 2 is 1.77 bits per heavy atom. The fourth-order valence-corrected chi connectivity index (χ4v) is 4.19.